The van der Waals surface area contributed by atoms with Crippen LogP contribution in [0.5, 0.6) is 5.75 Å². The number of carbonyl (C=O) groups is 3. The maximum absolute atomic E-state index is 13.6. The number of hydrogen-bond donors (Lipinski definition) is 0. The number of nitrogens with zero attached hydrogens (tertiary/aromatic N) is 2. The third-order valence-electron chi connectivity index (χ3n) is 6.66. The summed E-state index contributed by atoms with van der Waals surface area (Å²) in [4.78, 5) is 43.1. The van der Waals surface area contributed by atoms with Crippen LogP contribution in [0.4, 0.5) is 0 Å². The van der Waals surface area contributed by atoms with Crippen LogP contribution >= 0.6 is 0 Å². The Morgan fingerprint density at radius 2 is 1.83 bits per heavy atom. The summed E-state index contributed by atoms with van der Waals surface area (Å²) >= 11 is 0. The van der Waals surface area contributed by atoms with Crippen molar-refractivity contribution in [3.05, 3.63) is 29.8 Å². The number of likely N-dealkylation sites (tertiary alicyclic amines) is 2. The van der Waals surface area contributed by atoms with Crippen LogP contribution in [0.25, 0.3) is 0 Å². The van der Waals surface area contributed by atoms with Gasteiger partial charge >= 0.3 is 0 Å². The second-order valence-corrected chi connectivity index (χ2v) is 8.66. The smallest absolute Gasteiger partial charge is 0.241 e. The Balaban J connectivity index is 1.66. The van der Waals surface area contributed by atoms with Crippen LogP contribution in [0.1, 0.15) is 50.5 Å². The molecule has 162 valence electrons. The van der Waals surface area contributed by atoms with E-state index in [1.807, 2.05) is 17.0 Å². The monoisotopic (exact) mass is 414 g/mol. The summed E-state index contributed by atoms with van der Waals surface area (Å²) in [5.74, 6) is 0.200. The highest BCUT2D eigenvalue weighted by Crippen LogP contribution is 2.45. The fourth-order valence-electron chi connectivity index (χ4n) is 4.89. The molecule has 3 amide bonds. The first-order chi connectivity index (χ1) is 14.5. The fourth-order valence-corrected chi connectivity index (χ4v) is 4.89. The molecule has 2 heterocycles. The van der Waals surface area contributed by atoms with Crippen molar-refractivity contribution in [2.24, 2.45) is 0 Å². The highest BCUT2D eigenvalue weighted by Gasteiger charge is 2.57. The zero-order valence-electron chi connectivity index (χ0n) is 17.8. The minimum Gasteiger partial charge on any atom is -0.497 e. The minimum atomic E-state index is -1.14. The zero-order valence-corrected chi connectivity index (χ0v) is 17.8. The molecule has 3 fully saturated rings. The average Bonchev–Trinajstić information content (AvgIpc) is 3.55. The molecule has 2 atom stereocenters. The number of hydrogen-bond acceptors (Lipinski definition) is 5. The number of carbonyl (C=O) groups excluding carboxylic acids is 3. The molecule has 0 spiro atoms. The molecule has 7 heteroatoms. The first-order valence-electron chi connectivity index (χ1n) is 10.8. The molecule has 1 aromatic rings. The molecule has 0 N–H and O–H groups in total. The second-order valence-electron chi connectivity index (χ2n) is 8.66. The number of imide groups is 1. The number of methoxy groups -OCH3 is 2. The number of ether oxygens (including phenoxy) is 2. The van der Waals surface area contributed by atoms with E-state index in [1.54, 1.807) is 26.4 Å². The number of piperidine rings is 1. The van der Waals surface area contributed by atoms with Gasteiger partial charge in [-0.2, -0.15) is 0 Å². The van der Waals surface area contributed by atoms with E-state index in [1.165, 1.54) is 4.90 Å². The highest BCUT2D eigenvalue weighted by atomic mass is 16.5. The van der Waals surface area contributed by atoms with Gasteiger partial charge in [0.2, 0.25) is 17.7 Å². The van der Waals surface area contributed by atoms with Gasteiger partial charge in [0, 0.05) is 32.5 Å². The van der Waals surface area contributed by atoms with E-state index in [2.05, 4.69) is 0 Å². The maximum Gasteiger partial charge on any atom is 0.241 e. The van der Waals surface area contributed by atoms with Crippen molar-refractivity contribution in [3.8, 4) is 5.75 Å². The topological polar surface area (TPSA) is 76.2 Å². The van der Waals surface area contributed by atoms with Gasteiger partial charge in [0.15, 0.2) is 0 Å². The van der Waals surface area contributed by atoms with Gasteiger partial charge in [-0.05, 0) is 49.8 Å². The van der Waals surface area contributed by atoms with Crippen molar-refractivity contribution < 1.29 is 23.9 Å². The van der Waals surface area contributed by atoms with Gasteiger partial charge in [0.1, 0.15) is 5.75 Å². The number of benzene rings is 1. The van der Waals surface area contributed by atoms with Crippen molar-refractivity contribution >= 4 is 17.7 Å². The van der Waals surface area contributed by atoms with Crippen LogP contribution in [-0.2, 0) is 24.5 Å². The molecule has 1 aromatic carbocycles. The van der Waals surface area contributed by atoms with E-state index in [9.17, 15) is 14.4 Å². The fraction of sp³-hybridized carbons (Fsp3) is 0.609. The van der Waals surface area contributed by atoms with Crippen molar-refractivity contribution in [2.75, 3.05) is 27.4 Å². The summed E-state index contributed by atoms with van der Waals surface area (Å²) in [6, 6.07) is 7.22. The average molecular weight is 415 g/mol. The first kappa shape index (κ1) is 20.8. The lowest BCUT2D eigenvalue weighted by molar-refractivity contribution is -0.144. The molecule has 0 bridgehead atoms. The molecule has 0 radical (unpaired) electrons. The van der Waals surface area contributed by atoms with Crippen LogP contribution < -0.4 is 4.74 Å². The number of amides is 3. The Morgan fingerprint density at radius 3 is 2.47 bits per heavy atom. The predicted octanol–water partition coefficient (Wildman–Crippen LogP) is 2.27. The van der Waals surface area contributed by atoms with Gasteiger partial charge in [0.05, 0.1) is 25.2 Å². The second kappa shape index (κ2) is 8.38. The van der Waals surface area contributed by atoms with E-state index < -0.39 is 5.41 Å². The predicted molar refractivity (Wildman–Crippen MR) is 110 cm³/mol. The third kappa shape index (κ3) is 3.71. The van der Waals surface area contributed by atoms with Gasteiger partial charge in [-0.15, -0.1) is 0 Å². The van der Waals surface area contributed by atoms with E-state index in [-0.39, 0.29) is 42.6 Å². The lowest BCUT2D eigenvalue weighted by Gasteiger charge is -2.37. The quantitative estimate of drug-likeness (QED) is 0.640. The molecule has 2 aliphatic heterocycles. The summed E-state index contributed by atoms with van der Waals surface area (Å²) in [7, 11) is 3.22. The van der Waals surface area contributed by atoms with Gasteiger partial charge in [-0.25, -0.2) is 0 Å². The van der Waals surface area contributed by atoms with E-state index in [0.717, 1.165) is 32.1 Å². The summed E-state index contributed by atoms with van der Waals surface area (Å²) < 4.78 is 10.6. The summed E-state index contributed by atoms with van der Waals surface area (Å²) in [6.45, 7) is 1.16. The summed E-state index contributed by atoms with van der Waals surface area (Å²) in [5, 5.41) is 0. The lowest BCUT2D eigenvalue weighted by atomic mass is 9.75. The molecular weight excluding hydrogens is 384 g/mol. The Labute approximate surface area is 177 Å². The molecule has 3 aliphatic rings. The molecule has 7 nitrogen and oxygen atoms in total. The molecular formula is C23H30N2O5. The van der Waals surface area contributed by atoms with Crippen molar-refractivity contribution in [1.29, 1.82) is 0 Å². The molecule has 4 rings (SSSR count). The number of rotatable bonds is 7. The van der Waals surface area contributed by atoms with Gasteiger partial charge < -0.3 is 14.4 Å². The molecule has 0 unspecified atom stereocenters. The highest BCUT2D eigenvalue weighted by molar-refractivity contribution is 6.11. The van der Waals surface area contributed by atoms with E-state index >= 15 is 0 Å². The lowest BCUT2D eigenvalue weighted by Crippen LogP contribution is -2.49. The standard InChI is InChI=1S/C23H30N2O5/c1-29-15-18-5-3-4-12-24(18)20(26)13-23(16-6-10-19(30-2)11-7-16)14-21(27)25(22(23)28)17-8-9-17/h6-7,10-11,17-18H,3-5,8-9,12-15H2,1-2H3/t18-,23+/m0/s1. The third-order valence-corrected chi connectivity index (χ3v) is 6.66. The Hall–Kier alpha value is -2.41. The van der Waals surface area contributed by atoms with E-state index in [4.69, 9.17) is 9.47 Å². The molecule has 1 saturated carbocycles. The van der Waals surface area contributed by atoms with Crippen molar-refractivity contribution in [3.63, 3.8) is 0 Å². The Bertz CT molecular complexity index is 817. The SMILES string of the molecule is COC[C@@H]1CCCCN1C(=O)C[C@]1(c2ccc(OC)cc2)CC(=O)N(C2CC2)C1=O. The van der Waals surface area contributed by atoms with Gasteiger partial charge in [-0.3, -0.25) is 19.3 Å². The van der Waals surface area contributed by atoms with Gasteiger partial charge in [0.25, 0.3) is 0 Å². The Kier molecular flexibility index (Phi) is 5.82. The van der Waals surface area contributed by atoms with Crippen LogP contribution in [0.15, 0.2) is 24.3 Å². The van der Waals surface area contributed by atoms with Crippen LogP contribution in [0.2, 0.25) is 0 Å². The summed E-state index contributed by atoms with van der Waals surface area (Å²) in [6.07, 6.45) is 4.67. The first-order valence-corrected chi connectivity index (χ1v) is 10.8. The van der Waals surface area contributed by atoms with Crippen LogP contribution in [0.3, 0.4) is 0 Å². The molecule has 2 saturated heterocycles. The molecule has 30 heavy (non-hydrogen) atoms. The zero-order chi connectivity index (χ0) is 21.3. The van der Waals surface area contributed by atoms with E-state index in [0.29, 0.717) is 24.5 Å². The Morgan fingerprint density at radius 1 is 1.10 bits per heavy atom. The maximum atomic E-state index is 13.6. The normalized spacial score (nSPS) is 26.9. The van der Waals surface area contributed by atoms with Gasteiger partial charge in [-0.1, -0.05) is 12.1 Å². The minimum absolute atomic E-state index is 0.00329. The van der Waals surface area contributed by atoms with Crippen LogP contribution in [-0.4, -0.2) is 67.0 Å². The largest absolute Gasteiger partial charge is 0.497 e. The van der Waals surface area contributed by atoms with Crippen molar-refractivity contribution in [2.45, 2.75) is 62.4 Å². The van der Waals surface area contributed by atoms with Crippen molar-refractivity contribution in [1.82, 2.24) is 9.80 Å². The van der Waals surface area contributed by atoms with Crippen LogP contribution in [0, 0.1) is 0 Å². The summed E-state index contributed by atoms with van der Waals surface area (Å²) in [5.41, 5.74) is -0.434. The molecule has 0 aromatic heterocycles. The molecule has 1 aliphatic carbocycles.